The van der Waals surface area contributed by atoms with Gasteiger partial charge in [-0.1, -0.05) is 53.5 Å². The molecule has 3 N–H and O–H groups in total. The Kier molecular flexibility index (Phi) is 7.64. The molecule has 7 nitrogen and oxygen atoms in total. The number of benzene rings is 3. The van der Waals surface area contributed by atoms with E-state index in [1.165, 1.54) is 24.3 Å². The summed E-state index contributed by atoms with van der Waals surface area (Å²) in [5.74, 6) is 0.0483. The zero-order chi connectivity index (χ0) is 26.1. The number of fused-ring (bicyclic) bond motifs is 1. The van der Waals surface area contributed by atoms with E-state index in [1.54, 1.807) is 26.0 Å². The molecule has 36 heavy (non-hydrogen) atoms. The second-order valence-electron chi connectivity index (χ2n) is 9.07. The summed E-state index contributed by atoms with van der Waals surface area (Å²) in [5, 5.41) is 14.2. The maximum Gasteiger partial charge on any atom is 0.251 e. The van der Waals surface area contributed by atoms with Gasteiger partial charge in [-0.05, 0) is 62.2 Å². The van der Waals surface area contributed by atoms with Crippen molar-refractivity contribution in [2.75, 3.05) is 6.54 Å². The molecule has 0 fully saturated rings. The van der Waals surface area contributed by atoms with E-state index in [0.717, 1.165) is 5.56 Å². The van der Waals surface area contributed by atoms with Crippen molar-refractivity contribution in [3.8, 4) is 5.75 Å². The Morgan fingerprint density at radius 1 is 1.03 bits per heavy atom. The first-order chi connectivity index (χ1) is 17.0. The first-order valence-corrected chi connectivity index (χ1v) is 13.5. The summed E-state index contributed by atoms with van der Waals surface area (Å²) in [6, 6.07) is 17.4. The van der Waals surface area contributed by atoms with Gasteiger partial charge in [-0.3, -0.25) is 4.79 Å². The third-order valence-corrected chi connectivity index (χ3v) is 8.21. The molecule has 0 bridgehead atoms. The molecule has 0 unspecified atom stereocenters. The highest BCUT2D eigenvalue weighted by Crippen LogP contribution is 2.41. The molecule has 3 aromatic carbocycles. The van der Waals surface area contributed by atoms with E-state index < -0.39 is 27.8 Å². The lowest BCUT2D eigenvalue weighted by Crippen LogP contribution is -2.53. The van der Waals surface area contributed by atoms with E-state index in [-0.39, 0.29) is 20.8 Å². The second kappa shape index (κ2) is 10.4. The molecule has 0 radical (unpaired) electrons. The lowest BCUT2D eigenvalue weighted by molar-refractivity contribution is -0.0603. The van der Waals surface area contributed by atoms with Crippen LogP contribution in [-0.2, 0) is 16.4 Å². The summed E-state index contributed by atoms with van der Waals surface area (Å²) in [6.45, 7) is 3.75. The van der Waals surface area contributed by atoms with Gasteiger partial charge in [0.05, 0.1) is 21.0 Å². The van der Waals surface area contributed by atoms with Gasteiger partial charge in [0.15, 0.2) is 0 Å². The molecular formula is C26H26Cl2N2O5S. The Morgan fingerprint density at radius 3 is 2.44 bits per heavy atom. The zero-order valence-electron chi connectivity index (χ0n) is 19.7. The van der Waals surface area contributed by atoms with Crippen molar-refractivity contribution in [2.45, 2.75) is 42.9 Å². The number of aliphatic hydroxyl groups is 1. The number of carbonyl (C=O) groups excluding carboxylic acids is 1. The van der Waals surface area contributed by atoms with Crippen LogP contribution in [0.15, 0.2) is 71.6 Å². The lowest BCUT2D eigenvalue weighted by Gasteiger charge is -2.42. The van der Waals surface area contributed by atoms with Crippen molar-refractivity contribution in [3.63, 3.8) is 0 Å². The van der Waals surface area contributed by atoms with Gasteiger partial charge in [-0.2, -0.15) is 0 Å². The Hall–Kier alpha value is -2.62. The first kappa shape index (κ1) is 26.4. The number of nitrogens with one attached hydrogen (secondary N) is 2. The summed E-state index contributed by atoms with van der Waals surface area (Å²) < 4.78 is 34.9. The third-order valence-electron chi connectivity index (χ3n) is 6.03. The number of ether oxygens (including phenoxy) is 1. The van der Waals surface area contributed by atoms with Gasteiger partial charge in [0.1, 0.15) is 17.5 Å². The molecule has 1 heterocycles. The topological polar surface area (TPSA) is 105 Å². The van der Waals surface area contributed by atoms with Crippen LogP contribution in [-0.4, -0.2) is 37.7 Å². The summed E-state index contributed by atoms with van der Waals surface area (Å²) in [5.41, 5.74) is 0.660. The number of amides is 1. The van der Waals surface area contributed by atoms with Crippen molar-refractivity contribution in [1.29, 1.82) is 0 Å². The quantitative estimate of drug-likeness (QED) is 0.402. The highest BCUT2D eigenvalue weighted by molar-refractivity contribution is 7.89. The molecule has 1 amide bonds. The number of halogens is 2. The van der Waals surface area contributed by atoms with E-state index in [0.29, 0.717) is 29.8 Å². The molecule has 0 aromatic heterocycles. The molecule has 2 atom stereocenters. The number of sulfonamides is 1. The molecule has 3 aromatic rings. The molecule has 4 rings (SSSR count). The van der Waals surface area contributed by atoms with Gasteiger partial charge in [0.2, 0.25) is 10.0 Å². The molecule has 0 spiro atoms. The molecule has 0 saturated heterocycles. The predicted octanol–water partition coefficient (Wildman–Crippen LogP) is 4.52. The van der Waals surface area contributed by atoms with Gasteiger partial charge in [-0.25, -0.2) is 13.1 Å². The monoisotopic (exact) mass is 548 g/mol. The van der Waals surface area contributed by atoms with Crippen LogP contribution >= 0.6 is 23.2 Å². The van der Waals surface area contributed by atoms with E-state index in [9.17, 15) is 18.3 Å². The molecule has 1 aliphatic rings. The van der Waals surface area contributed by atoms with E-state index in [2.05, 4.69) is 10.0 Å². The van der Waals surface area contributed by atoms with Crippen LogP contribution in [0.25, 0.3) is 0 Å². The SMILES string of the molecule is CC1(C)Oc2ccc(C(=O)NCCc3ccccc3)cc2[C@@H](NS(=O)(=O)c2ccc(Cl)c(Cl)c2)[C@@H]1O. The van der Waals surface area contributed by atoms with Gasteiger partial charge in [0, 0.05) is 17.7 Å². The summed E-state index contributed by atoms with van der Waals surface area (Å²) in [6.07, 6.45) is -0.585. The fourth-order valence-electron chi connectivity index (χ4n) is 4.02. The molecular weight excluding hydrogens is 523 g/mol. The third kappa shape index (κ3) is 5.68. The molecule has 10 heteroatoms. The Bertz CT molecular complexity index is 1380. The lowest BCUT2D eigenvalue weighted by atomic mass is 9.86. The average Bonchev–Trinajstić information content (AvgIpc) is 2.84. The van der Waals surface area contributed by atoms with E-state index in [1.807, 2.05) is 30.3 Å². The van der Waals surface area contributed by atoms with Crippen molar-refractivity contribution >= 4 is 39.1 Å². The Balaban J connectivity index is 1.60. The summed E-state index contributed by atoms with van der Waals surface area (Å²) >= 11 is 11.9. The molecule has 0 saturated carbocycles. The highest BCUT2D eigenvalue weighted by Gasteiger charge is 2.45. The highest BCUT2D eigenvalue weighted by atomic mass is 35.5. The van der Waals surface area contributed by atoms with Gasteiger partial charge in [-0.15, -0.1) is 0 Å². The van der Waals surface area contributed by atoms with Crippen LogP contribution in [0.1, 0.15) is 41.4 Å². The molecule has 0 aliphatic carbocycles. The van der Waals surface area contributed by atoms with Crippen molar-refractivity contribution in [3.05, 3.63) is 93.5 Å². The number of hydrogen-bond acceptors (Lipinski definition) is 5. The van der Waals surface area contributed by atoms with E-state index >= 15 is 0 Å². The molecule has 1 aliphatic heterocycles. The summed E-state index contributed by atoms with van der Waals surface area (Å²) in [4.78, 5) is 12.7. The fourth-order valence-corrected chi connectivity index (χ4v) is 5.62. The number of hydrogen-bond donors (Lipinski definition) is 3. The average molecular weight is 549 g/mol. The maximum atomic E-state index is 13.2. The Morgan fingerprint density at radius 2 is 1.75 bits per heavy atom. The van der Waals surface area contributed by atoms with Gasteiger partial charge >= 0.3 is 0 Å². The van der Waals surface area contributed by atoms with Crippen LogP contribution in [0.2, 0.25) is 10.0 Å². The second-order valence-corrected chi connectivity index (χ2v) is 11.6. The number of carbonyl (C=O) groups is 1. The molecule has 190 valence electrons. The van der Waals surface area contributed by atoms with Crippen LogP contribution < -0.4 is 14.8 Å². The van der Waals surface area contributed by atoms with Crippen molar-refractivity contribution < 1.29 is 23.1 Å². The Labute approximate surface area is 220 Å². The van der Waals surface area contributed by atoms with Crippen molar-refractivity contribution in [1.82, 2.24) is 10.0 Å². The summed E-state index contributed by atoms with van der Waals surface area (Å²) in [7, 11) is -4.11. The number of aliphatic hydroxyl groups excluding tert-OH is 1. The van der Waals surface area contributed by atoms with Crippen LogP contribution in [0.4, 0.5) is 0 Å². The number of rotatable bonds is 7. The van der Waals surface area contributed by atoms with Gasteiger partial charge < -0.3 is 15.2 Å². The van der Waals surface area contributed by atoms with Crippen LogP contribution in [0, 0.1) is 0 Å². The standard InChI is InChI=1S/C26H26Cl2N2O5S/c1-26(2)24(31)23(30-36(33,34)18-9-10-20(27)21(28)15-18)19-14-17(8-11-22(19)35-26)25(32)29-13-12-16-6-4-3-5-7-16/h3-11,14-15,23-24,30-31H,12-13H2,1-2H3,(H,29,32)/t23-,24+/m1/s1. The first-order valence-electron chi connectivity index (χ1n) is 11.3. The van der Waals surface area contributed by atoms with Crippen LogP contribution in [0.5, 0.6) is 5.75 Å². The van der Waals surface area contributed by atoms with Gasteiger partial charge in [0.25, 0.3) is 5.91 Å². The normalized spacial score (nSPS) is 18.7. The van der Waals surface area contributed by atoms with E-state index in [4.69, 9.17) is 27.9 Å². The smallest absolute Gasteiger partial charge is 0.251 e. The largest absolute Gasteiger partial charge is 0.485 e. The minimum Gasteiger partial charge on any atom is -0.485 e. The van der Waals surface area contributed by atoms with Crippen molar-refractivity contribution in [2.24, 2.45) is 0 Å². The predicted molar refractivity (Wildman–Crippen MR) is 139 cm³/mol. The zero-order valence-corrected chi connectivity index (χ0v) is 22.0. The maximum absolute atomic E-state index is 13.2. The van der Waals surface area contributed by atoms with Crippen LogP contribution in [0.3, 0.4) is 0 Å². The minimum absolute atomic E-state index is 0.0854. The fraction of sp³-hybridized carbons (Fsp3) is 0.269. The minimum atomic E-state index is -4.11.